The number of carbonyl (C=O) groups is 2. The zero-order chi connectivity index (χ0) is 23.8. The summed E-state index contributed by atoms with van der Waals surface area (Å²) in [6.45, 7) is 7.24. The van der Waals surface area contributed by atoms with Crippen LogP contribution < -0.4 is 15.4 Å². The fraction of sp³-hybridized carbons (Fsp3) is 0.333. The van der Waals surface area contributed by atoms with E-state index in [4.69, 9.17) is 4.74 Å². The average Bonchev–Trinajstić information content (AvgIpc) is 2.80. The number of amides is 2. The standard InChI is InChI=1S/C27H31FN2O3/c1-4-33-23-12-5-19(6-13-23)15-26(31)30-25-14-11-22(16-24(25)28)20-7-9-21(10-8-20)27(32)29-17-18(2)3/h5-9,11-14,16,18,21H,4,10,15,17H2,1-3H3,(H,29,32)(H,30,31). The molecule has 3 rings (SSSR count). The van der Waals surface area contributed by atoms with Crippen LogP contribution in [0.15, 0.2) is 60.7 Å². The number of hydrogen-bond donors (Lipinski definition) is 2. The normalized spacial score (nSPS) is 15.2. The van der Waals surface area contributed by atoms with Gasteiger partial charge in [-0.15, -0.1) is 0 Å². The van der Waals surface area contributed by atoms with Crippen LogP contribution in [0.5, 0.6) is 5.75 Å². The number of carbonyl (C=O) groups excluding carboxylic acids is 2. The molecule has 2 amide bonds. The number of hydrogen-bond acceptors (Lipinski definition) is 3. The van der Waals surface area contributed by atoms with Gasteiger partial charge in [0, 0.05) is 6.54 Å². The van der Waals surface area contributed by atoms with Crippen LogP contribution in [0.3, 0.4) is 0 Å². The van der Waals surface area contributed by atoms with E-state index < -0.39 is 5.82 Å². The summed E-state index contributed by atoms with van der Waals surface area (Å²) < 4.78 is 20.1. The van der Waals surface area contributed by atoms with Crippen LogP contribution in [-0.4, -0.2) is 25.0 Å². The van der Waals surface area contributed by atoms with Crippen LogP contribution in [0.1, 0.15) is 38.3 Å². The Kier molecular flexibility index (Phi) is 8.41. The molecule has 0 heterocycles. The molecule has 0 bridgehead atoms. The summed E-state index contributed by atoms with van der Waals surface area (Å²) in [5, 5.41) is 5.58. The first kappa shape index (κ1) is 24.2. The largest absolute Gasteiger partial charge is 0.494 e. The predicted molar refractivity (Wildman–Crippen MR) is 129 cm³/mol. The highest BCUT2D eigenvalue weighted by molar-refractivity contribution is 5.93. The number of halogens is 1. The number of rotatable bonds is 9. The molecule has 2 aromatic rings. The third-order valence-corrected chi connectivity index (χ3v) is 5.30. The summed E-state index contributed by atoms with van der Waals surface area (Å²) in [6, 6.07) is 12.0. The molecule has 2 aromatic carbocycles. The Morgan fingerprint density at radius 1 is 1.15 bits per heavy atom. The average molecular weight is 451 g/mol. The molecular weight excluding hydrogens is 419 g/mol. The molecule has 6 heteroatoms. The Morgan fingerprint density at radius 3 is 2.52 bits per heavy atom. The van der Waals surface area contributed by atoms with Gasteiger partial charge in [0.2, 0.25) is 11.8 Å². The second kappa shape index (κ2) is 11.5. The third kappa shape index (κ3) is 7.04. The molecule has 0 aliphatic heterocycles. The van der Waals surface area contributed by atoms with E-state index in [0.29, 0.717) is 31.1 Å². The smallest absolute Gasteiger partial charge is 0.228 e. The lowest BCUT2D eigenvalue weighted by molar-refractivity contribution is -0.123. The number of allylic oxidation sites excluding steroid dienone is 3. The second-order valence-electron chi connectivity index (χ2n) is 8.50. The minimum atomic E-state index is -0.501. The van der Waals surface area contributed by atoms with E-state index >= 15 is 0 Å². The van der Waals surface area contributed by atoms with E-state index in [0.717, 1.165) is 16.9 Å². The molecule has 1 atom stereocenters. The van der Waals surface area contributed by atoms with Crippen molar-refractivity contribution < 1.29 is 18.7 Å². The second-order valence-corrected chi connectivity index (χ2v) is 8.50. The molecular formula is C27H31FN2O3. The van der Waals surface area contributed by atoms with Crippen molar-refractivity contribution in [2.75, 3.05) is 18.5 Å². The Bertz CT molecular complexity index is 1040. The minimum Gasteiger partial charge on any atom is -0.494 e. The van der Waals surface area contributed by atoms with Crippen LogP contribution in [-0.2, 0) is 16.0 Å². The molecule has 0 saturated carbocycles. The Labute approximate surface area is 194 Å². The van der Waals surface area contributed by atoms with Crippen molar-refractivity contribution >= 4 is 23.1 Å². The molecule has 1 aliphatic carbocycles. The lowest BCUT2D eigenvalue weighted by Crippen LogP contribution is -2.32. The number of ether oxygens (including phenoxy) is 1. The topological polar surface area (TPSA) is 67.4 Å². The summed E-state index contributed by atoms with van der Waals surface area (Å²) in [6.07, 6.45) is 6.36. The van der Waals surface area contributed by atoms with Crippen molar-refractivity contribution in [1.29, 1.82) is 0 Å². The fourth-order valence-electron chi connectivity index (χ4n) is 3.51. The van der Waals surface area contributed by atoms with Gasteiger partial charge in [0.1, 0.15) is 11.6 Å². The molecule has 0 spiro atoms. The zero-order valence-electron chi connectivity index (χ0n) is 19.4. The van der Waals surface area contributed by atoms with Crippen LogP contribution in [0.2, 0.25) is 0 Å². The molecule has 174 valence electrons. The van der Waals surface area contributed by atoms with E-state index in [9.17, 15) is 14.0 Å². The SMILES string of the molecule is CCOc1ccc(CC(=O)Nc2ccc(C3=CCC(C(=O)NCC(C)C)C=C3)cc2F)cc1. The van der Waals surface area contributed by atoms with Crippen molar-refractivity contribution in [2.45, 2.75) is 33.6 Å². The predicted octanol–water partition coefficient (Wildman–Crippen LogP) is 5.14. The summed E-state index contributed by atoms with van der Waals surface area (Å²) in [5.74, 6) is 0.148. The van der Waals surface area contributed by atoms with Crippen LogP contribution in [0, 0.1) is 17.7 Å². The third-order valence-electron chi connectivity index (χ3n) is 5.30. The Morgan fingerprint density at radius 2 is 1.91 bits per heavy atom. The molecule has 0 fully saturated rings. The summed E-state index contributed by atoms with van der Waals surface area (Å²) in [4.78, 5) is 24.6. The van der Waals surface area contributed by atoms with E-state index in [1.54, 1.807) is 12.1 Å². The van der Waals surface area contributed by atoms with Crippen molar-refractivity contribution in [1.82, 2.24) is 5.32 Å². The van der Waals surface area contributed by atoms with Crippen molar-refractivity contribution in [3.8, 4) is 5.75 Å². The van der Waals surface area contributed by atoms with E-state index in [-0.39, 0.29) is 29.8 Å². The maximum absolute atomic E-state index is 14.7. The monoisotopic (exact) mass is 450 g/mol. The fourth-order valence-corrected chi connectivity index (χ4v) is 3.51. The molecule has 0 aromatic heterocycles. The Balaban J connectivity index is 1.57. The first-order chi connectivity index (χ1) is 15.9. The highest BCUT2D eigenvalue weighted by atomic mass is 19.1. The van der Waals surface area contributed by atoms with Gasteiger partial charge in [0.25, 0.3) is 0 Å². The van der Waals surface area contributed by atoms with E-state index in [1.165, 1.54) is 6.07 Å². The molecule has 2 N–H and O–H groups in total. The van der Waals surface area contributed by atoms with Gasteiger partial charge in [-0.25, -0.2) is 4.39 Å². The quantitative estimate of drug-likeness (QED) is 0.556. The summed E-state index contributed by atoms with van der Waals surface area (Å²) in [7, 11) is 0. The lowest BCUT2D eigenvalue weighted by atomic mass is 9.92. The van der Waals surface area contributed by atoms with Gasteiger partial charge in [-0.2, -0.15) is 0 Å². The van der Waals surface area contributed by atoms with E-state index in [1.807, 2.05) is 49.4 Å². The van der Waals surface area contributed by atoms with Gasteiger partial charge < -0.3 is 15.4 Å². The molecule has 1 unspecified atom stereocenters. The van der Waals surface area contributed by atoms with Crippen molar-refractivity contribution in [3.05, 3.63) is 77.6 Å². The summed E-state index contributed by atoms with van der Waals surface area (Å²) >= 11 is 0. The maximum atomic E-state index is 14.7. The number of benzene rings is 2. The highest BCUT2D eigenvalue weighted by Crippen LogP contribution is 2.27. The van der Waals surface area contributed by atoms with Gasteiger partial charge in [0.05, 0.1) is 24.6 Å². The van der Waals surface area contributed by atoms with Gasteiger partial charge in [-0.1, -0.05) is 50.3 Å². The Hall–Kier alpha value is -3.41. The maximum Gasteiger partial charge on any atom is 0.228 e. The lowest BCUT2D eigenvalue weighted by Gasteiger charge is -2.17. The van der Waals surface area contributed by atoms with Gasteiger partial charge in [0.15, 0.2) is 0 Å². The van der Waals surface area contributed by atoms with Crippen molar-refractivity contribution in [2.24, 2.45) is 11.8 Å². The molecule has 0 radical (unpaired) electrons. The molecule has 33 heavy (non-hydrogen) atoms. The minimum absolute atomic E-state index is 0.00650. The molecule has 1 aliphatic rings. The van der Waals surface area contributed by atoms with E-state index in [2.05, 4.69) is 24.5 Å². The zero-order valence-corrected chi connectivity index (χ0v) is 19.4. The van der Waals surface area contributed by atoms with Gasteiger partial charge >= 0.3 is 0 Å². The highest BCUT2D eigenvalue weighted by Gasteiger charge is 2.18. The molecule has 5 nitrogen and oxygen atoms in total. The summed E-state index contributed by atoms with van der Waals surface area (Å²) in [5.41, 5.74) is 2.52. The number of nitrogens with one attached hydrogen (secondary N) is 2. The van der Waals surface area contributed by atoms with Crippen LogP contribution in [0.25, 0.3) is 5.57 Å². The first-order valence-electron chi connectivity index (χ1n) is 11.3. The first-order valence-corrected chi connectivity index (χ1v) is 11.3. The van der Waals surface area contributed by atoms with Gasteiger partial charge in [-0.05, 0) is 60.2 Å². The van der Waals surface area contributed by atoms with Gasteiger partial charge in [-0.3, -0.25) is 9.59 Å². The van der Waals surface area contributed by atoms with Crippen LogP contribution in [0.4, 0.5) is 10.1 Å². The number of anilines is 1. The van der Waals surface area contributed by atoms with Crippen LogP contribution >= 0.6 is 0 Å². The molecule has 0 saturated heterocycles. The van der Waals surface area contributed by atoms with Crippen molar-refractivity contribution in [3.63, 3.8) is 0 Å².